The van der Waals surface area contributed by atoms with Crippen molar-refractivity contribution in [1.29, 1.82) is 0 Å². The van der Waals surface area contributed by atoms with E-state index in [1.165, 1.54) is 11.3 Å². The first-order valence-electron chi connectivity index (χ1n) is 9.69. The zero-order valence-electron chi connectivity index (χ0n) is 16.2. The predicted molar refractivity (Wildman–Crippen MR) is 112 cm³/mol. The summed E-state index contributed by atoms with van der Waals surface area (Å²) in [7, 11) is 0. The van der Waals surface area contributed by atoms with Gasteiger partial charge in [-0.2, -0.15) is 0 Å². The van der Waals surface area contributed by atoms with Crippen molar-refractivity contribution in [3.05, 3.63) is 72.3 Å². The number of aliphatic hydroxyl groups is 1. The molecule has 1 N–H and O–H groups in total. The van der Waals surface area contributed by atoms with Crippen molar-refractivity contribution in [3.8, 4) is 5.75 Å². The van der Waals surface area contributed by atoms with Gasteiger partial charge in [0.05, 0.1) is 0 Å². The molecule has 1 atom stereocenters. The number of rotatable bonds is 8. The van der Waals surface area contributed by atoms with Crippen LogP contribution in [0.4, 0.5) is 5.69 Å². The first kappa shape index (κ1) is 19.5. The third-order valence-electron chi connectivity index (χ3n) is 4.97. The number of hydrogen-bond acceptors (Lipinski definition) is 4. The number of allylic oxidation sites excluding steroid dienone is 1. The van der Waals surface area contributed by atoms with Gasteiger partial charge in [0, 0.05) is 38.4 Å². The molecule has 4 heteroatoms. The molecule has 3 rings (SSSR count). The van der Waals surface area contributed by atoms with E-state index in [2.05, 4.69) is 53.6 Å². The van der Waals surface area contributed by atoms with Gasteiger partial charge in [-0.25, -0.2) is 0 Å². The first-order chi connectivity index (χ1) is 13.2. The van der Waals surface area contributed by atoms with E-state index in [9.17, 15) is 5.11 Å². The van der Waals surface area contributed by atoms with Gasteiger partial charge in [0.2, 0.25) is 0 Å². The Morgan fingerprint density at radius 3 is 2.56 bits per heavy atom. The first-order valence-corrected chi connectivity index (χ1v) is 9.69. The molecule has 2 aromatic carbocycles. The average molecular weight is 367 g/mol. The Morgan fingerprint density at radius 2 is 1.85 bits per heavy atom. The van der Waals surface area contributed by atoms with Crippen molar-refractivity contribution < 1.29 is 9.84 Å². The molecule has 144 valence electrons. The predicted octanol–water partition coefficient (Wildman–Crippen LogP) is 3.29. The van der Waals surface area contributed by atoms with Gasteiger partial charge >= 0.3 is 0 Å². The smallest absolute Gasteiger partial charge is 0.122 e. The molecule has 1 aliphatic heterocycles. The fraction of sp³-hybridized carbons (Fsp3) is 0.391. The Kier molecular flexibility index (Phi) is 6.91. The molecule has 2 aromatic rings. The van der Waals surface area contributed by atoms with Crippen LogP contribution in [0.1, 0.15) is 11.1 Å². The fourth-order valence-corrected chi connectivity index (χ4v) is 3.53. The van der Waals surface area contributed by atoms with Crippen molar-refractivity contribution in [2.24, 2.45) is 0 Å². The Bertz CT molecular complexity index is 724. The molecule has 1 saturated heterocycles. The number of nitrogens with zero attached hydrogens (tertiary/aromatic N) is 2. The Hall–Kier alpha value is -2.30. The lowest BCUT2D eigenvalue weighted by atomic mass is 10.1. The Labute approximate surface area is 162 Å². The zero-order chi connectivity index (χ0) is 19.1. The van der Waals surface area contributed by atoms with Gasteiger partial charge in [0.15, 0.2) is 0 Å². The van der Waals surface area contributed by atoms with Crippen molar-refractivity contribution in [2.45, 2.75) is 19.4 Å². The lowest BCUT2D eigenvalue weighted by Gasteiger charge is -2.36. The molecule has 1 fully saturated rings. The summed E-state index contributed by atoms with van der Waals surface area (Å²) in [5.41, 5.74) is 3.60. The molecule has 0 unspecified atom stereocenters. The van der Waals surface area contributed by atoms with Crippen molar-refractivity contribution >= 4 is 5.69 Å². The molecule has 0 aliphatic carbocycles. The Morgan fingerprint density at radius 1 is 1.11 bits per heavy atom. The van der Waals surface area contributed by atoms with E-state index >= 15 is 0 Å². The van der Waals surface area contributed by atoms with Crippen LogP contribution in [-0.2, 0) is 6.42 Å². The largest absolute Gasteiger partial charge is 0.491 e. The van der Waals surface area contributed by atoms with E-state index in [1.807, 2.05) is 24.3 Å². The zero-order valence-corrected chi connectivity index (χ0v) is 16.2. The number of β-amino-alcohol motifs (C(OH)–C–C–N with tert-alkyl or cyclic N) is 1. The van der Waals surface area contributed by atoms with Gasteiger partial charge in [-0.05, 0) is 37.1 Å². The number of benzene rings is 2. The van der Waals surface area contributed by atoms with Crippen LogP contribution in [0.15, 0.2) is 61.2 Å². The summed E-state index contributed by atoms with van der Waals surface area (Å²) in [4.78, 5) is 4.71. The lowest BCUT2D eigenvalue weighted by Crippen LogP contribution is -2.49. The van der Waals surface area contributed by atoms with Gasteiger partial charge < -0.3 is 14.7 Å². The number of para-hydroxylation sites is 1. The summed E-state index contributed by atoms with van der Waals surface area (Å²) in [5.74, 6) is 0.841. The second-order valence-corrected chi connectivity index (χ2v) is 7.19. The summed E-state index contributed by atoms with van der Waals surface area (Å²) < 4.78 is 5.90. The summed E-state index contributed by atoms with van der Waals surface area (Å²) in [6.45, 7) is 10.7. The molecule has 0 spiro atoms. The number of hydrogen-bond donors (Lipinski definition) is 1. The topological polar surface area (TPSA) is 35.9 Å². The summed E-state index contributed by atoms with van der Waals surface area (Å²) in [6.07, 6.45) is 2.16. The van der Waals surface area contributed by atoms with E-state index < -0.39 is 6.10 Å². The normalized spacial score (nSPS) is 16.1. The molecule has 1 aliphatic rings. The van der Waals surface area contributed by atoms with Crippen LogP contribution in [0.2, 0.25) is 0 Å². The lowest BCUT2D eigenvalue weighted by molar-refractivity contribution is 0.0660. The van der Waals surface area contributed by atoms with E-state index in [-0.39, 0.29) is 0 Å². The second kappa shape index (κ2) is 9.58. The highest BCUT2D eigenvalue weighted by Crippen LogP contribution is 2.21. The molecule has 27 heavy (non-hydrogen) atoms. The molecule has 1 heterocycles. The van der Waals surface area contributed by atoms with E-state index in [0.717, 1.165) is 43.9 Å². The van der Waals surface area contributed by atoms with Crippen LogP contribution in [0, 0.1) is 6.92 Å². The third-order valence-corrected chi connectivity index (χ3v) is 4.97. The van der Waals surface area contributed by atoms with E-state index in [0.29, 0.717) is 13.2 Å². The van der Waals surface area contributed by atoms with Crippen LogP contribution in [-0.4, -0.2) is 55.4 Å². The summed E-state index contributed by atoms with van der Waals surface area (Å²) >= 11 is 0. The maximum absolute atomic E-state index is 10.4. The molecule has 0 radical (unpaired) electrons. The van der Waals surface area contributed by atoms with Crippen LogP contribution in [0.5, 0.6) is 5.75 Å². The third kappa shape index (κ3) is 5.59. The highest BCUT2D eigenvalue weighted by Gasteiger charge is 2.19. The monoisotopic (exact) mass is 366 g/mol. The van der Waals surface area contributed by atoms with Crippen molar-refractivity contribution in [3.63, 3.8) is 0 Å². The minimum atomic E-state index is -0.494. The quantitative estimate of drug-likeness (QED) is 0.728. The molecule has 0 aromatic heterocycles. The highest BCUT2D eigenvalue weighted by molar-refractivity contribution is 5.46. The van der Waals surface area contributed by atoms with Crippen molar-refractivity contribution in [2.75, 3.05) is 44.2 Å². The minimum absolute atomic E-state index is 0.312. The van der Waals surface area contributed by atoms with Gasteiger partial charge in [-0.3, -0.25) is 4.90 Å². The molecule has 0 bridgehead atoms. The second-order valence-electron chi connectivity index (χ2n) is 7.19. The number of aryl methyl sites for hydroxylation is 1. The molecular formula is C23H30N2O2. The van der Waals surface area contributed by atoms with Gasteiger partial charge in [0.1, 0.15) is 18.5 Å². The number of piperazine rings is 1. The standard InChI is InChI=1S/C23H30N2O2/c1-3-7-20-16-19(2)10-11-23(20)27-18-22(26)17-24-12-14-25(15-13-24)21-8-5-4-6-9-21/h3-6,8-11,16,22,26H,1,7,12-15,17-18H2,2H3/t22-/m0/s1. The minimum Gasteiger partial charge on any atom is -0.491 e. The summed E-state index contributed by atoms with van der Waals surface area (Å²) in [6, 6.07) is 16.7. The van der Waals surface area contributed by atoms with E-state index in [1.54, 1.807) is 0 Å². The number of ether oxygens (including phenoxy) is 1. The highest BCUT2D eigenvalue weighted by atomic mass is 16.5. The number of anilines is 1. The SMILES string of the molecule is C=CCc1cc(C)ccc1OC[C@@H](O)CN1CCN(c2ccccc2)CC1. The molecule has 0 amide bonds. The summed E-state index contributed by atoms with van der Waals surface area (Å²) in [5, 5.41) is 10.4. The Balaban J connectivity index is 1.45. The molecular weight excluding hydrogens is 336 g/mol. The van der Waals surface area contributed by atoms with Gasteiger partial charge in [-0.15, -0.1) is 6.58 Å². The van der Waals surface area contributed by atoms with Crippen LogP contribution >= 0.6 is 0 Å². The fourth-order valence-electron chi connectivity index (χ4n) is 3.53. The molecule has 0 saturated carbocycles. The molecule has 4 nitrogen and oxygen atoms in total. The van der Waals surface area contributed by atoms with Gasteiger partial charge in [-0.1, -0.05) is 42.0 Å². The van der Waals surface area contributed by atoms with Crippen LogP contribution in [0.25, 0.3) is 0 Å². The number of aliphatic hydroxyl groups excluding tert-OH is 1. The van der Waals surface area contributed by atoms with Crippen LogP contribution < -0.4 is 9.64 Å². The van der Waals surface area contributed by atoms with Crippen molar-refractivity contribution in [1.82, 2.24) is 4.90 Å². The van der Waals surface area contributed by atoms with E-state index in [4.69, 9.17) is 4.74 Å². The maximum Gasteiger partial charge on any atom is 0.122 e. The maximum atomic E-state index is 10.4. The van der Waals surface area contributed by atoms with Gasteiger partial charge in [0.25, 0.3) is 0 Å². The average Bonchev–Trinajstić information content (AvgIpc) is 2.69. The van der Waals surface area contributed by atoms with Crippen LogP contribution in [0.3, 0.4) is 0 Å².